The van der Waals surface area contributed by atoms with E-state index >= 15 is 0 Å². The van der Waals surface area contributed by atoms with E-state index in [0.717, 1.165) is 29.8 Å². The zero-order valence-corrected chi connectivity index (χ0v) is 14.8. The number of benzene rings is 2. The van der Waals surface area contributed by atoms with E-state index in [9.17, 15) is 9.59 Å². The van der Waals surface area contributed by atoms with E-state index in [1.807, 2.05) is 53.4 Å². The van der Waals surface area contributed by atoms with Gasteiger partial charge in [0.2, 0.25) is 11.8 Å². The van der Waals surface area contributed by atoms with Crippen LogP contribution in [0, 0.1) is 0 Å². The third kappa shape index (κ3) is 4.60. The molecule has 0 aliphatic carbocycles. The molecule has 1 heterocycles. The van der Waals surface area contributed by atoms with Gasteiger partial charge in [-0.1, -0.05) is 41.9 Å². The molecule has 1 aliphatic rings. The zero-order valence-electron chi connectivity index (χ0n) is 14.0. The van der Waals surface area contributed by atoms with Crippen molar-refractivity contribution in [3.05, 3.63) is 64.7 Å². The average Bonchev–Trinajstić information content (AvgIpc) is 3.06. The Morgan fingerprint density at radius 3 is 2.56 bits per heavy atom. The van der Waals surface area contributed by atoms with E-state index in [-0.39, 0.29) is 11.8 Å². The van der Waals surface area contributed by atoms with Crippen LogP contribution in [0.1, 0.15) is 30.4 Å². The van der Waals surface area contributed by atoms with Crippen molar-refractivity contribution in [3.8, 4) is 0 Å². The molecule has 0 atom stereocenters. The number of anilines is 1. The molecule has 5 heteroatoms. The van der Waals surface area contributed by atoms with Crippen molar-refractivity contribution in [2.75, 3.05) is 11.4 Å². The molecule has 4 nitrogen and oxygen atoms in total. The Labute approximate surface area is 152 Å². The van der Waals surface area contributed by atoms with Gasteiger partial charge in [0.25, 0.3) is 0 Å². The smallest absolute Gasteiger partial charge is 0.227 e. The number of nitrogens with zero attached hydrogens (tertiary/aromatic N) is 1. The highest BCUT2D eigenvalue weighted by Gasteiger charge is 2.21. The SMILES string of the molecule is O=C(CCc1ccccc1Cl)NCc1ccc(N2CCCC2=O)cc1. The van der Waals surface area contributed by atoms with Crippen molar-refractivity contribution >= 4 is 29.1 Å². The Kier molecular flexibility index (Phi) is 5.71. The fourth-order valence-electron chi connectivity index (χ4n) is 2.95. The average molecular weight is 357 g/mol. The van der Waals surface area contributed by atoms with Gasteiger partial charge in [-0.15, -0.1) is 0 Å². The van der Waals surface area contributed by atoms with Crippen LogP contribution in [0.2, 0.25) is 5.02 Å². The molecule has 1 saturated heterocycles. The minimum atomic E-state index is -0.00119. The monoisotopic (exact) mass is 356 g/mol. The highest BCUT2D eigenvalue weighted by atomic mass is 35.5. The van der Waals surface area contributed by atoms with E-state index in [1.165, 1.54) is 0 Å². The number of hydrogen-bond acceptors (Lipinski definition) is 2. The van der Waals surface area contributed by atoms with Crippen LogP contribution in [0.25, 0.3) is 0 Å². The first kappa shape index (κ1) is 17.5. The number of aryl methyl sites for hydroxylation is 1. The normalized spacial score (nSPS) is 14.0. The third-order valence-electron chi connectivity index (χ3n) is 4.39. The maximum absolute atomic E-state index is 12.0. The Balaban J connectivity index is 1.47. The summed E-state index contributed by atoms with van der Waals surface area (Å²) in [4.78, 5) is 25.6. The van der Waals surface area contributed by atoms with Crippen molar-refractivity contribution in [1.29, 1.82) is 0 Å². The number of hydrogen-bond donors (Lipinski definition) is 1. The highest BCUT2D eigenvalue weighted by Crippen LogP contribution is 2.21. The summed E-state index contributed by atoms with van der Waals surface area (Å²) in [6.45, 7) is 1.27. The molecule has 1 N–H and O–H groups in total. The zero-order chi connectivity index (χ0) is 17.6. The lowest BCUT2D eigenvalue weighted by molar-refractivity contribution is -0.121. The fraction of sp³-hybridized carbons (Fsp3) is 0.300. The van der Waals surface area contributed by atoms with Gasteiger partial charge in [0.1, 0.15) is 0 Å². The first-order chi connectivity index (χ1) is 12.1. The van der Waals surface area contributed by atoms with Crippen molar-refractivity contribution in [2.45, 2.75) is 32.2 Å². The number of amides is 2. The molecule has 0 spiro atoms. The molecule has 130 valence electrons. The minimum Gasteiger partial charge on any atom is -0.352 e. The largest absolute Gasteiger partial charge is 0.352 e. The fourth-order valence-corrected chi connectivity index (χ4v) is 3.18. The lowest BCUT2D eigenvalue weighted by Crippen LogP contribution is -2.24. The molecule has 3 rings (SSSR count). The maximum Gasteiger partial charge on any atom is 0.227 e. The van der Waals surface area contributed by atoms with Crippen LogP contribution in [0.15, 0.2) is 48.5 Å². The summed E-state index contributed by atoms with van der Waals surface area (Å²) < 4.78 is 0. The lowest BCUT2D eigenvalue weighted by Gasteiger charge is -2.16. The second-order valence-electron chi connectivity index (χ2n) is 6.18. The molecule has 2 amide bonds. The predicted molar refractivity (Wildman–Crippen MR) is 99.6 cm³/mol. The van der Waals surface area contributed by atoms with Gasteiger partial charge in [0, 0.05) is 36.6 Å². The van der Waals surface area contributed by atoms with Crippen molar-refractivity contribution < 1.29 is 9.59 Å². The summed E-state index contributed by atoms with van der Waals surface area (Å²) in [5.41, 5.74) is 2.93. The van der Waals surface area contributed by atoms with Crippen molar-refractivity contribution in [2.24, 2.45) is 0 Å². The molecule has 0 bridgehead atoms. The number of carbonyl (C=O) groups is 2. The lowest BCUT2D eigenvalue weighted by atomic mass is 10.1. The Hall–Kier alpha value is -2.33. The number of carbonyl (C=O) groups excluding carboxylic acids is 2. The van der Waals surface area contributed by atoms with Gasteiger partial charge < -0.3 is 10.2 Å². The van der Waals surface area contributed by atoms with E-state index in [0.29, 0.717) is 30.8 Å². The van der Waals surface area contributed by atoms with Crippen molar-refractivity contribution in [1.82, 2.24) is 5.32 Å². The van der Waals surface area contributed by atoms with E-state index in [1.54, 1.807) is 0 Å². The van der Waals surface area contributed by atoms with Crippen LogP contribution < -0.4 is 10.2 Å². The van der Waals surface area contributed by atoms with Gasteiger partial charge in [0.15, 0.2) is 0 Å². The highest BCUT2D eigenvalue weighted by molar-refractivity contribution is 6.31. The summed E-state index contributed by atoms with van der Waals surface area (Å²) >= 11 is 6.10. The molecule has 2 aromatic carbocycles. The van der Waals surface area contributed by atoms with Gasteiger partial charge in [-0.05, 0) is 42.2 Å². The van der Waals surface area contributed by atoms with Crippen LogP contribution >= 0.6 is 11.6 Å². The van der Waals surface area contributed by atoms with Crippen LogP contribution in [0.3, 0.4) is 0 Å². The quantitative estimate of drug-likeness (QED) is 0.857. The topological polar surface area (TPSA) is 49.4 Å². The van der Waals surface area contributed by atoms with Gasteiger partial charge in [-0.2, -0.15) is 0 Å². The molecule has 0 unspecified atom stereocenters. The molecular weight excluding hydrogens is 336 g/mol. The van der Waals surface area contributed by atoms with Gasteiger partial charge >= 0.3 is 0 Å². The van der Waals surface area contributed by atoms with Gasteiger partial charge in [-0.3, -0.25) is 9.59 Å². The van der Waals surface area contributed by atoms with Gasteiger partial charge in [0.05, 0.1) is 0 Å². The van der Waals surface area contributed by atoms with Crippen LogP contribution in [0.4, 0.5) is 5.69 Å². The number of rotatable bonds is 6. The standard InChI is InChI=1S/C20H21ClN2O2/c21-18-5-2-1-4-16(18)9-12-19(24)22-14-15-7-10-17(11-8-15)23-13-3-6-20(23)25/h1-2,4-5,7-8,10-11H,3,6,9,12-14H2,(H,22,24). The third-order valence-corrected chi connectivity index (χ3v) is 4.76. The summed E-state index contributed by atoms with van der Waals surface area (Å²) in [5, 5.41) is 3.62. The van der Waals surface area contributed by atoms with Crippen LogP contribution in [-0.4, -0.2) is 18.4 Å². The molecule has 0 aromatic heterocycles. The minimum absolute atomic E-state index is 0.00119. The van der Waals surface area contributed by atoms with E-state index in [2.05, 4.69) is 5.32 Å². The predicted octanol–water partition coefficient (Wildman–Crippen LogP) is 3.72. The number of nitrogens with one attached hydrogen (secondary N) is 1. The van der Waals surface area contributed by atoms with Crippen LogP contribution in [0.5, 0.6) is 0 Å². The van der Waals surface area contributed by atoms with E-state index < -0.39 is 0 Å². The molecule has 0 saturated carbocycles. The molecule has 2 aromatic rings. The molecule has 1 fully saturated rings. The summed E-state index contributed by atoms with van der Waals surface area (Å²) in [6.07, 6.45) is 2.58. The Bertz CT molecular complexity index is 759. The van der Waals surface area contributed by atoms with Crippen LogP contribution in [-0.2, 0) is 22.6 Å². The first-order valence-corrected chi connectivity index (χ1v) is 8.91. The maximum atomic E-state index is 12.0. The first-order valence-electron chi connectivity index (χ1n) is 8.53. The van der Waals surface area contributed by atoms with Gasteiger partial charge in [-0.25, -0.2) is 0 Å². The summed E-state index contributed by atoms with van der Waals surface area (Å²) in [7, 11) is 0. The molecular formula is C20H21ClN2O2. The second-order valence-corrected chi connectivity index (χ2v) is 6.59. The summed E-state index contributed by atoms with van der Waals surface area (Å²) in [5.74, 6) is 0.180. The molecule has 1 aliphatic heterocycles. The molecule has 0 radical (unpaired) electrons. The summed E-state index contributed by atoms with van der Waals surface area (Å²) in [6, 6.07) is 15.4. The van der Waals surface area contributed by atoms with Crippen molar-refractivity contribution in [3.63, 3.8) is 0 Å². The second kappa shape index (κ2) is 8.17. The Morgan fingerprint density at radius 2 is 1.88 bits per heavy atom. The number of halogens is 1. The molecule has 25 heavy (non-hydrogen) atoms. The Morgan fingerprint density at radius 1 is 1.12 bits per heavy atom. The van der Waals surface area contributed by atoms with E-state index in [4.69, 9.17) is 11.6 Å².